The minimum atomic E-state index is -0.695. The van der Waals surface area contributed by atoms with Gasteiger partial charge in [0.15, 0.2) is 17.5 Å². The molecule has 0 atom stereocenters. The highest BCUT2D eigenvalue weighted by Gasteiger charge is 2.47. The van der Waals surface area contributed by atoms with Crippen molar-refractivity contribution in [3.05, 3.63) is 222 Å². The van der Waals surface area contributed by atoms with Gasteiger partial charge < -0.3 is 4.74 Å². The molecule has 5 nitrogen and oxygen atoms in total. The van der Waals surface area contributed by atoms with E-state index in [1.54, 1.807) is 12.1 Å². The number of nitrogens with zero attached hydrogens (tertiary/aromatic N) is 4. The van der Waals surface area contributed by atoms with E-state index in [0.29, 0.717) is 23.0 Å². The maximum absolute atomic E-state index is 9.38. The van der Waals surface area contributed by atoms with E-state index >= 15 is 0 Å². The highest BCUT2D eigenvalue weighted by Crippen LogP contribution is 2.59. The number of aromatic nitrogens is 3. The first-order valence-electron chi connectivity index (χ1n) is 18.6. The van der Waals surface area contributed by atoms with Gasteiger partial charge in [-0.2, -0.15) is 5.26 Å². The van der Waals surface area contributed by atoms with Crippen LogP contribution in [-0.4, -0.2) is 15.0 Å². The molecule has 0 fully saturated rings. The first-order valence-corrected chi connectivity index (χ1v) is 18.6. The minimum Gasteiger partial charge on any atom is -0.456 e. The van der Waals surface area contributed by atoms with Crippen molar-refractivity contribution in [3.8, 4) is 62.9 Å². The third-order valence-corrected chi connectivity index (χ3v) is 10.7. The summed E-state index contributed by atoms with van der Waals surface area (Å²) in [5.41, 5.74) is 9.05. The van der Waals surface area contributed by atoms with Crippen LogP contribution in [0.1, 0.15) is 27.8 Å². The van der Waals surface area contributed by atoms with Crippen molar-refractivity contribution in [2.24, 2.45) is 0 Å². The molecule has 1 aliphatic rings. The van der Waals surface area contributed by atoms with Crippen LogP contribution < -0.4 is 4.74 Å². The van der Waals surface area contributed by atoms with Gasteiger partial charge in [0.1, 0.15) is 11.5 Å². The Morgan fingerprint density at radius 1 is 0.446 bits per heavy atom. The largest absolute Gasteiger partial charge is 0.456 e. The number of rotatable bonds is 6. The molecule has 9 aromatic rings. The molecule has 0 radical (unpaired) electrons. The third-order valence-electron chi connectivity index (χ3n) is 10.7. The fraction of sp³-hybridized carbons (Fsp3) is 0.0196. The zero-order chi connectivity index (χ0) is 37.5. The highest BCUT2D eigenvalue weighted by atomic mass is 16.5. The van der Waals surface area contributed by atoms with Crippen LogP contribution in [0.5, 0.6) is 11.5 Å². The molecule has 0 spiro atoms. The van der Waals surface area contributed by atoms with Crippen molar-refractivity contribution in [1.29, 1.82) is 5.26 Å². The Morgan fingerprint density at radius 2 is 0.964 bits per heavy atom. The topological polar surface area (TPSA) is 71.7 Å². The van der Waals surface area contributed by atoms with E-state index in [-0.39, 0.29) is 0 Å². The van der Waals surface area contributed by atoms with Gasteiger partial charge in [-0.3, -0.25) is 0 Å². The fourth-order valence-corrected chi connectivity index (χ4v) is 8.12. The van der Waals surface area contributed by atoms with E-state index in [9.17, 15) is 5.26 Å². The third kappa shape index (κ3) is 5.43. The summed E-state index contributed by atoms with van der Waals surface area (Å²) in [7, 11) is 0. The molecule has 8 aromatic carbocycles. The van der Waals surface area contributed by atoms with Crippen LogP contribution in [0, 0.1) is 11.3 Å². The van der Waals surface area contributed by atoms with E-state index in [1.165, 1.54) is 0 Å². The van der Waals surface area contributed by atoms with Crippen molar-refractivity contribution in [3.63, 3.8) is 0 Å². The second-order valence-electron chi connectivity index (χ2n) is 13.9. The number of fused-ring (bicyclic) bond motifs is 4. The Labute approximate surface area is 324 Å². The van der Waals surface area contributed by atoms with Gasteiger partial charge in [-0.25, -0.2) is 15.0 Å². The Morgan fingerprint density at radius 3 is 1.57 bits per heavy atom. The summed E-state index contributed by atoms with van der Waals surface area (Å²) < 4.78 is 7.02. The van der Waals surface area contributed by atoms with Crippen LogP contribution in [0.4, 0.5) is 0 Å². The van der Waals surface area contributed by atoms with Crippen molar-refractivity contribution in [2.75, 3.05) is 0 Å². The van der Waals surface area contributed by atoms with E-state index < -0.39 is 5.41 Å². The molecule has 10 rings (SSSR count). The molecule has 262 valence electrons. The van der Waals surface area contributed by atoms with Crippen LogP contribution in [0.2, 0.25) is 0 Å². The highest BCUT2D eigenvalue weighted by molar-refractivity contribution is 5.93. The van der Waals surface area contributed by atoms with E-state index in [1.807, 2.05) is 42.5 Å². The Hall–Kier alpha value is -7.68. The first-order chi connectivity index (χ1) is 27.7. The minimum absolute atomic E-state index is 0.540. The van der Waals surface area contributed by atoms with Crippen LogP contribution in [0.15, 0.2) is 194 Å². The van der Waals surface area contributed by atoms with Gasteiger partial charge in [-0.05, 0) is 58.0 Å². The number of benzene rings is 8. The normalized spacial score (nSPS) is 12.6. The lowest BCUT2D eigenvalue weighted by Crippen LogP contribution is -2.35. The Kier molecular flexibility index (Phi) is 8.01. The van der Waals surface area contributed by atoms with E-state index in [2.05, 4.69) is 146 Å². The maximum atomic E-state index is 9.38. The lowest BCUT2D eigenvalue weighted by Gasteiger charge is -2.43. The number of hydrogen-bond donors (Lipinski definition) is 0. The van der Waals surface area contributed by atoms with Gasteiger partial charge >= 0.3 is 0 Å². The fourth-order valence-electron chi connectivity index (χ4n) is 8.12. The molecule has 2 heterocycles. The van der Waals surface area contributed by atoms with Gasteiger partial charge in [-0.15, -0.1) is 0 Å². The quantitative estimate of drug-likeness (QED) is 0.171. The summed E-state index contributed by atoms with van der Waals surface area (Å²) in [5, 5.41) is 11.6. The zero-order valence-corrected chi connectivity index (χ0v) is 30.2. The number of hydrogen-bond acceptors (Lipinski definition) is 5. The van der Waals surface area contributed by atoms with Crippen molar-refractivity contribution >= 4 is 10.8 Å². The number of ether oxygens (including phenoxy) is 1. The molecule has 0 unspecified atom stereocenters. The Bertz CT molecular complexity index is 2880. The smallest absolute Gasteiger partial charge is 0.164 e. The molecule has 5 heteroatoms. The summed E-state index contributed by atoms with van der Waals surface area (Å²) in [6, 6.07) is 68.8. The molecule has 1 aliphatic heterocycles. The van der Waals surface area contributed by atoms with E-state index in [0.717, 1.165) is 72.3 Å². The van der Waals surface area contributed by atoms with E-state index in [4.69, 9.17) is 19.7 Å². The average Bonchev–Trinajstić information content (AvgIpc) is 3.29. The molecule has 0 bridgehead atoms. The molecule has 0 N–H and O–H groups in total. The second kappa shape index (κ2) is 13.6. The van der Waals surface area contributed by atoms with Crippen molar-refractivity contribution in [1.82, 2.24) is 15.0 Å². The lowest BCUT2D eigenvalue weighted by atomic mass is 9.62. The van der Waals surface area contributed by atoms with Crippen LogP contribution in [-0.2, 0) is 5.41 Å². The lowest BCUT2D eigenvalue weighted by molar-refractivity contribution is 0.440. The molecule has 0 saturated heterocycles. The maximum Gasteiger partial charge on any atom is 0.164 e. The Balaban J connectivity index is 1.16. The van der Waals surface area contributed by atoms with Gasteiger partial charge in [0.05, 0.1) is 17.0 Å². The summed E-state index contributed by atoms with van der Waals surface area (Å²) in [6.45, 7) is 0. The summed E-state index contributed by atoms with van der Waals surface area (Å²) in [4.78, 5) is 14.8. The second-order valence-corrected chi connectivity index (χ2v) is 13.9. The molecular weight excluding hydrogens is 685 g/mol. The first kappa shape index (κ1) is 32.9. The summed E-state index contributed by atoms with van der Waals surface area (Å²) in [5.74, 6) is 3.37. The summed E-state index contributed by atoms with van der Waals surface area (Å²) in [6.07, 6.45) is 0. The molecule has 0 saturated carbocycles. The van der Waals surface area contributed by atoms with Crippen LogP contribution in [0.3, 0.4) is 0 Å². The standard InChI is InChI=1S/C51H32N4O/c52-33-34-23-25-38(26-24-34)49-53-48(37-14-4-1-5-15-37)54-50(55-49)39-29-27-36(28-30-39)42-21-12-22-45-46(42)51(40-16-6-2-7-17-40,41-18-8-3-9-19-41)44-32-31-35-13-10-11-20-43(35)47(44)56-45/h1-32H. The van der Waals surface area contributed by atoms with Gasteiger partial charge in [0, 0.05) is 33.2 Å². The summed E-state index contributed by atoms with van der Waals surface area (Å²) >= 11 is 0. The molecule has 0 amide bonds. The van der Waals surface area contributed by atoms with Gasteiger partial charge in [0.2, 0.25) is 0 Å². The van der Waals surface area contributed by atoms with Crippen LogP contribution in [0.25, 0.3) is 56.1 Å². The van der Waals surface area contributed by atoms with Gasteiger partial charge in [-0.1, -0.05) is 164 Å². The number of nitriles is 1. The van der Waals surface area contributed by atoms with Crippen LogP contribution >= 0.6 is 0 Å². The zero-order valence-electron chi connectivity index (χ0n) is 30.2. The van der Waals surface area contributed by atoms with Gasteiger partial charge in [0.25, 0.3) is 0 Å². The molecular formula is C51H32N4O. The predicted octanol–water partition coefficient (Wildman–Crippen LogP) is 12.1. The SMILES string of the molecule is N#Cc1ccc(-c2nc(-c3ccccc3)nc(-c3ccc(-c4cccc5c4C(c4ccccc4)(c4ccccc4)c4ccc6ccccc6c4O5)cc3)n2)cc1. The molecule has 56 heavy (non-hydrogen) atoms. The monoisotopic (exact) mass is 716 g/mol. The molecule has 0 aliphatic carbocycles. The average molecular weight is 717 g/mol. The van der Waals surface area contributed by atoms with Crippen molar-refractivity contribution in [2.45, 2.75) is 5.41 Å². The van der Waals surface area contributed by atoms with Crippen molar-refractivity contribution < 1.29 is 4.74 Å². The predicted molar refractivity (Wildman–Crippen MR) is 222 cm³/mol. The molecule has 1 aromatic heterocycles.